The Hall–Kier alpha value is -5.24. The second kappa shape index (κ2) is 12.3. The molecule has 0 amide bonds. The summed E-state index contributed by atoms with van der Waals surface area (Å²) in [6, 6.07) is 25.8. The molecule has 8 nitrogen and oxygen atoms in total. The van der Waals surface area contributed by atoms with Gasteiger partial charge in [0.15, 0.2) is 0 Å². The monoisotopic (exact) mass is 552 g/mol. The molecule has 0 aliphatic rings. The second-order valence-electron chi connectivity index (χ2n) is 10.1. The van der Waals surface area contributed by atoms with Crippen molar-refractivity contribution >= 4 is 23.9 Å². The lowest BCUT2D eigenvalue weighted by Gasteiger charge is -2.36. The third-order valence-electron chi connectivity index (χ3n) is 7.25. The fourth-order valence-electron chi connectivity index (χ4n) is 5.52. The van der Waals surface area contributed by atoms with Gasteiger partial charge in [0.05, 0.1) is 22.3 Å². The quantitative estimate of drug-likeness (QED) is 0.174. The van der Waals surface area contributed by atoms with E-state index in [4.69, 9.17) is 0 Å². The van der Waals surface area contributed by atoms with Crippen molar-refractivity contribution in [3.05, 3.63) is 142 Å². The molecule has 0 bridgehead atoms. The Balaban J connectivity index is 2.00. The van der Waals surface area contributed by atoms with Gasteiger partial charge in [-0.15, -0.1) is 0 Å². The van der Waals surface area contributed by atoms with E-state index in [0.717, 1.165) is 0 Å². The van der Waals surface area contributed by atoms with E-state index < -0.39 is 29.3 Å². The van der Waals surface area contributed by atoms with Crippen molar-refractivity contribution in [1.82, 2.24) is 0 Å². The van der Waals surface area contributed by atoms with Gasteiger partial charge < -0.3 is 20.4 Å². The lowest BCUT2D eigenvalue weighted by atomic mass is 9.67. The molecule has 41 heavy (non-hydrogen) atoms. The van der Waals surface area contributed by atoms with Gasteiger partial charge in [0, 0.05) is 0 Å². The van der Waals surface area contributed by atoms with Crippen LogP contribution < -0.4 is 0 Å². The van der Waals surface area contributed by atoms with Gasteiger partial charge in [0.25, 0.3) is 0 Å². The fourth-order valence-corrected chi connectivity index (χ4v) is 5.52. The van der Waals surface area contributed by atoms with Gasteiger partial charge >= 0.3 is 23.9 Å². The zero-order chi connectivity index (χ0) is 29.6. The maximum absolute atomic E-state index is 12.2. The molecule has 4 N–H and O–H groups in total. The molecular formula is C33H28O8. The van der Waals surface area contributed by atoms with Crippen LogP contribution in [0.3, 0.4) is 0 Å². The van der Waals surface area contributed by atoms with Gasteiger partial charge in [-0.1, -0.05) is 72.8 Å². The highest BCUT2D eigenvalue weighted by Gasteiger charge is 2.36. The molecule has 4 rings (SSSR count). The molecule has 8 heteroatoms. The predicted molar refractivity (Wildman–Crippen MR) is 151 cm³/mol. The summed E-state index contributed by atoms with van der Waals surface area (Å²) < 4.78 is 0. The maximum Gasteiger partial charge on any atom is 0.335 e. The lowest BCUT2D eigenvalue weighted by Crippen LogP contribution is -2.34. The average molecular weight is 553 g/mol. The average Bonchev–Trinajstić information content (AvgIpc) is 2.93. The van der Waals surface area contributed by atoms with Crippen molar-refractivity contribution in [2.45, 2.75) is 25.7 Å². The van der Waals surface area contributed by atoms with E-state index in [1.807, 2.05) is 0 Å². The standard InChI is InChI=1S/C33H28O8/c34-29(35)25-13-5-1-9-21(25)17-33(18-22-10-2-6-14-26(22)30(36)37,19-23-11-3-7-15-27(23)31(38)39)20-24-12-4-8-16-28(24)32(40)41/h1-16H,17-20H2,(H,34,35)(H,36,37)(H,38,39)(H,40,41). The van der Waals surface area contributed by atoms with Crippen molar-refractivity contribution < 1.29 is 39.6 Å². The van der Waals surface area contributed by atoms with Gasteiger partial charge in [-0.2, -0.15) is 0 Å². The highest BCUT2D eigenvalue weighted by molar-refractivity contribution is 5.91. The molecule has 0 aliphatic carbocycles. The summed E-state index contributed by atoms with van der Waals surface area (Å²) in [5.41, 5.74) is 1.06. The minimum atomic E-state index is -1.14. The summed E-state index contributed by atoms with van der Waals surface area (Å²) in [5, 5.41) is 39.8. The zero-order valence-electron chi connectivity index (χ0n) is 22.0. The van der Waals surface area contributed by atoms with E-state index >= 15 is 0 Å². The molecular weight excluding hydrogens is 524 g/mol. The van der Waals surface area contributed by atoms with E-state index in [1.54, 1.807) is 72.8 Å². The molecule has 0 aromatic heterocycles. The Morgan fingerprint density at radius 3 is 0.780 bits per heavy atom. The van der Waals surface area contributed by atoms with E-state index in [9.17, 15) is 39.6 Å². The first-order valence-corrected chi connectivity index (χ1v) is 12.8. The number of carbonyl (C=O) groups is 4. The normalized spacial score (nSPS) is 11.1. The topological polar surface area (TPSA) is 149 Å². The van der Waals surface area contributed by atoms with Crippen LogP contribution in [-0.2, 0) is 25.7 Å². The molecule has 0 saturated heterocycles. The molecule has 0 atom stereocenters. The van der Waals surface area contributed by atoms with Crippen LogP contribution >= 0.6 is 0 Å². The number of hydrogen-bond acceptors (Lipinski definition) is 4. The summed E-state index contributed by atoms with van der Waals surface area (Å²) >= 11 is 0. The molecule has 208 valence electrons. The molecule has 0 spiro atoms. The van der Waals surface area contributed by atoms with Crippen LogP contribution in [0.2, 0.25) is 0 Å². The Kier molecular flexibility index (Phi) is 8.63. The Morgan fingerprint density at radius 1 is 0.390 bits per heavy atom. The van der Waals surface area contributed by atoms with Crippen molar-refractivity contribution in [1.29, 1.82) is 0 Å². The fraction of sp³-hybridized carbons (Fsp3) is 0.152. The van der Waals surface area contributed by atoms with Crippen LogP contribution in [0.15, 0.2) is 97.1 Å². The van der Waals surface area contributed by atoms with Gasteiger partial charge in [-0.05, 0) is 77.6 Å². The van der Waals surface area contributed by atoms with Crippen LogP contribution in [-0.4, -0.2) is 44.3 Å². The van der Waals surface area contributed by atoms with Gasteiger partial charge in [-0.25, -0.2) is 19.2 Å². The van der Waals surface area contributed by atoms with Crippen molar-refractivity contribution in [3.8, 4) is 0 Å². The number of carboxylic acids is 4. The van der Waals surface area contributed by atoms with Crippen LogP contribution in [0.5, 0.6) is 0 Å². The maximum atomic E-state index is 12.2. The lowest BCUT2D eigenvalue weighted by molar-refractivity contribution is 0.0685. The Bertz CT molecular complexity index is 1380. The van der Waals surface area contributed by atoms with Crippen molar-refractivity contribution in [2.75, 3.05) is 0 Å². The van der Waals surface area contributed by atoms with E-state index in [0.29, 0.717) is 22.3 Å². The minimum absolute atomic E-state index is 0.0569. The second-order valence-corrected chi connectivity index (χ2v) is 10.1. The first-order valence-electron chi connectivity index (χ1n) is 12.8. The molecule has 0 unspecified atom stereocenters. The Labute approximate surface area is 236 Å². The summed E-state index contributed by atoms with van der Waals surface area (Å²) in [6.07, 6.45) is 0.410. The summed E-state index contributed by atoms with van der Waals surface area (Å²) in [4.78, 5) is 48.7. The summed E-state index contributed by atoms with van der Waals surface area (Å²) in [6.45, 7) is 0. The van der Waals surface area contributed by atoms with Crippen LogP contribution in [0.1, 0.15) is 63.7 Å². The van der Waals surface area contributed by atoms with Crippen LogP contribution in [0.4, 0.5) is 0 Å². The Morgan fingerprint density at radius 2 is 0.585 bits per heavy atom. The highest BCUT2D eigenvalue weighted by Crippen LogP contribution is 2.39. The molecule has 0 heterocycles. The molecule has 0 radical (unpaired) electrons. The molecule has 0 aliphatic heterocycles. The molecule has 0 saturated carbocycles. The van der Waals surface area contributed by atoms with Crippen molar-refractivity contribution in [2.24, 2.45) is 5.41 Å². The predicted octanol–water partition coefficient (Wildman–Crippen LogP) is 5.74. The van der Waals surface area contributed by atoms with E-state index in [-0.39, 0.29) is 47.9 Å². The minimum Gasteiger partial charge on any atom is -0.478 e. The number of benzene rings is 4. The molecule has 0 fully saturated rings. The van der Waals surface area contributed by atoms with Gasteiger partial charge in [0.1, 0.15) is 0 Å². The third-order valence-corrected chi connectivity index (χ3v) is 7.25. The first-order chi connectivity index (χ1) is 19.6. The summed E-state index contributed by atoms with van der Waals surface area (Å²) in [7, 11) is 0. The number of carboxylic acid groups (broad SMARTS) is 4. The number of aromatic carboxylic acids is 4. The zero-order valence-corrected chi connectivity index (χ0v) is 22.0. The SMILES string of the molecule is O=C(O)c1ccccc1CC(Cc1ccccc1C(=O)O)(Cc1ccccc1C(=O)O)Cc1ccccc1C(=O)O. The third kappa shape index (κ3) is 6.67. The van der Waals surface area contributed by atoms with Crippen molar-refractivity contribution in [3.63, 3.8) is 0 Å². The smallest absolute Gasteiger partial charge is 0.335 e. The van der Waals surface area contributed by atoms with E-state index in [2.05, 4.69) is 0 Å². The van der Waals surface area contributed by atoms with Crippen LogP contribution in [0.25, 0.3) is 0 Å². The highest BCUT2D eigenvalue weighted by atomic mass is 16.4. The first kappa shape index (κ1) is 28.8. The largest absolute Gasteiger partial charge is 0.478 e. The number of hydrogen-bond donors (Lipinski definition) is 4. The van der Waals surface area contributed by atoms with Gasteiger partial charge in [-0.3, -0.25) is 0 Å². The molecule has 4 aromatic carbocycles. The number of rotatable bonds is 12. The van der Waals surface area contributed by atoms with Crippen LogP contribution in [0, 0.1) is 5.41 Å². The summed E-state index contributed by atoms with van der Waals surface area (Å²) in [5.74, 6) is -4.57. The molecule has 4 aromatic rings. The van der Waals surface area contributed by atoms with E-state index in [1.165, 1.54) is 24.3 Å². The van der Waals surface area contributed by atoms with Gasteiger partial charge in [0.2, 0.25) is 0 Å².